The van der Waals surface area contributed by atoms with E-state index in [1.807, 2.05) is 52.0 Å². The number of benzene rings is 2. The number of ether oxygens (including phenoxy) is 1. The molecule has 5 heteroatoms. The summed E-state index contributed by atoms with van der Waals surface area (Å²) in [5.74, 6) is 0.330. The summed E-state index contributed by atoms with van der Waals surface area (Å²) in [6.07, 6.45) is 0. The molecule has 0 radical (unpaired) electrons. The quantitative estimate of drug-likeness (QED) is 0.480. The van der Waals surface area contributed by atoms with Gasteiger partial charge in [-0.2, -0.15) is 0 Å². The van der Waals surface area contributed by atoms with E-state index < -0.39 is 5.97 Å². The number of carbonyl (C=O) groups excluding carboxylic acids is 2. The lowest BCUT2D eigenvalue weighted by atomic mass is 10.1. The van der Waals surface area contributed by atoms with Crippen LogP contribution in [0.4, 0.5) is 0 Å². The first kappa shape index (κ1) is 19.1. The SMILES string of the molecule is Cc1ccc(OC(=O)c2ccccc2SCC(=O)NC(C)C)c(C)c1. The summed E-state index contributed by atoms with van der Waals surface area (Å²) in [6.45, 7) is 7.73. The molecule has 1 N–H and O–H groups in total. The van der Waals surface area contributed by atoms with Gasteiger partial charge in [0.15, 0.2) is 0 Å². The monoisotopic (exact) mass is 357 g/mol. The number of carbonyl (C=O) groups is 2. The number of nitrogens with one attached hydrogen (secondary N) is 1. The molecule has 0 heterocycles. The van der Waals surface area contributed by atoms with Crippen molar-refractivity contribution in [2.45, 2.75) is 38.6 Å². The molecule has 1 amide bonds. The first-order valence-corrected chi connectivity index (χ1v) is 9.16. The summed E-state index contributed by atoms with van der Waals surface area (Å²) in [4.78, 5) is 25.1. The van der Waals surface area contributed by atoms with Crippen LogP contribution in [0.15, 0.2) is 47.4 Å². The molecule has 0 aliphatic carbocycles. The van der Waals surface area contributed by atoms with E-state index in [-0.39, 0.29) is 17.7 Å². The molecular formula is C20H23NO3S. The van der Waals surface area contributed by atoms with E-state index in [1.165, 1.54) is 11.8 Å². The smallest absolute Gasteiger partial charge is 0.344 e. The fraction of sp³-hybridized carbons (Fsp3) is 0.300. The van der Waals surface area contributed by atoms with E-state index in [9.17, 15) is 9.59 Å². The molecule has 0 bridgehead atoms. The van der Waals surface area contributed by atoms with Gasteiger partial charge in [-0.3, -0.25) is 4.79 Å². The lowest BCUT2D eigenvalue weighted by Gasteiger charge is -2.12. The molecule has 0 aliphatic heterocycles. The minimum absolute atomic E-state index is 0.0578. The highest BCUT2D eigenvalue weighted by Gasteiger charge is 2.16. The zero-order chi connectivity index (χ0) is 18.4. The lowest BCUT2D eigenvalue weighted by molar-refractivity contribution is -0.119. The van der Waals surface area contributed by atoms with Gasteiger partial charge in [0.25, 0.3) is 0 Å². The van der Waals surface area contributed by atoms with Gasteiger partial charge in [0, 0.05) is 10.9 Å². The molecule has 0 atom stereocenters. The van der Waals surface area contributed by atoms with Crippen LogP contribution in [0.25, 0.3) is 0 Å². The van der Waals surface area contributed by atoms with Crippen molar-refractivity contribution in [3.63, 3.8) is 0 Å². The Balaban J connectivity index is 2.10. The molecule has 0 saturated carbocycles. The van der Waals surface area contributed by atoms with Crippen LogP contribution in [0.1, 0.15) is 35.3 Å². The normalized spacial score (nSPS) is 10.6. The van der Waals surface area contributed by atoms with Crippen molar-refractivity contribution in [3.05, 3.63) is 59.2 Å². The first-order valence-electron chi connectivity index (χ1n) is 8.17. The Morgan fingerprint density at radius 2 is 1.84 bits per heavy atom. The lowest BCUT2D eigenvalue weighted by Crippen LogP contribution is -2.31. The van der Waals surface area contributed by atoms with Gasteiger partial charge in [-0.05, 0) is 51.5 Å². The zero-order valence-corrected chi connectivity index (χ0v) is 15.8. The minimum Gasteiger partial charge on any atom is -0.423 e. The van der Waals surface area contributed by atoms with Crippen LogP contribution < -0.4 is 10.1 Å². The Morgan fingerprint density at radius 1 is 1.12 bits per heavy atom. The van der Waals surface area contributed by atoms with Crippen LogP contribution in [0.2, 0.25) is 0 Å². The predicted octanol–water partition coefficient (Wildman–Crippen LogP) is 4.14. The van der Waals surface area contributed by atoms with Gasteiger partial charge >= 0.3 is 5.97 Å². The molecule has 2 aromatic carbocycles. The Bertz CT molecular complexity index is 771. The van der Waals surface area contributed by atoms with Crippen LogP contribution in [0.5, 0.6) is 5.75 Å². The third-order valence-corrected chi connectivity index (χ3v) is 4.52. The molecule has 0 spiro atoms. The van der Waals surface area contributed by atoms with E-state index in [0.29, 0.717) is 11.3 Å². The summed E-state index contributed by atoms with van der Waals surface area (Å²) in [7, 11) is 0. The number of thioether (sulfide) groups is 1. The Kier molecular flexibility index (Phi) is 6.65. The van der Waals surface area contributed by atoms with Crippen molar-refractivity contribution in [2.24, 2.45) is 0 Å². The fourth-order valence-electron chi connectivity index (χ4n) is 2.34. The van der Waals surface area contributed by atoms with E-state index in [1.54, 1.807) is 18.2 Å². The van der Waals surface area contributed by atoms with Crippen LogP contribution >= 0.6 is 11.8 Å². The summed E-state index contributed by atoms with van der Waals surface area (Å²) in [5.41, 5.74) is 2.49. The maximum absolute atomic E-state index is 12.6. The zero-order valence-electron chi connectivity index (χ0n) is 15.0. The van der Waals surface area contributed by atoms with Gasteiger partial charge in [-0.15, -0.1) is 11.8 Å². The summed E-state index contributed by atoms with van der Waals surface area (Å²) >= 11 is 1.33. The highest BCUT2D eigenvalue weighted by atomic mass is 32.2. The van der Waals surface area contributed by atoms with Gasteiger partial charge in [0.05, 0.1) is 11.3 Å². The molecule has 2 rings (SSSR count). The maximum atomic E-state index is 12.6. The average Bonchev–Trinajstić information content (AvgIpc) is 2.55. The fourth-order valence-corrected chi connectivity index (χ4v) is 3.19. The molecule has 0 aliphatic rings. The second-order valence-electron chi connectivity index (χ2n) is 6.17. The third-order valence-electron chi connectivity index (χ3n) is 3.45. The topological polar surface area (TPSA) is 55.4 Å². The Labute approximate surface area is 153 Å². The van der Waals surface area contributed by atoms with Crippen LogP contribution in [0, 0.1) is 13.8 Å². The largest absolute Gasteiger partial charge is 0.423 e. The second kappa shape index (κ2) is 8.72. The molecule has 4 nitrogen and oxygen atoms in total. The Hall–Kier alpha value is -2.27. The predicted molar refractivity (Wildman–Crippen MR) is 101 cm³/mol. The first-order chi connectivity index (χ1) is 11.9. The third kappa shape index (κ3) is 5.64. The van der Waals surface area contributed by atoms with Crippen molar-refractivity contribution in [2.75, 3.05) is 5.75 Å². The summed E-state index contributed by atoms with van der Waals surface area (Å²) < 4.78 is 5.55. The van der Waals surface area contributed by atoms with Gasteiger partial charge in [-0.25, -0.2) is 4.79 Å². The van der Waals surface area contributed by atoms with E-state index in [0.717, 1.165) is 16.0 Å². The van der Waals surface area contributed by atoms with Crippen LogP contribution in [-0.4, -0.2) is 23.7 Å². The molecule has 132 valence electrons. The van der Waals surface area contributed by atoms with Crippen molar-refractivity contribution in [3.8, 4) is 5.75 Å². The van der Waals surface area contributed by atoms with Crippen LogP contribution in [-0.2, 0) is 4.79 Å². The van der Waals surface area contributed by atoms with Gasteiger partial charge < -0.3 is 10.1 Å². The van der Waals surface area contributed by atoms with Crippen molar-refractivity contribution in [1.29, 1.82) is 0 Å². The summed E-state index contributed by atoms with van der Waals surface area (Å²) in [5, 5.41) is 2.84. The average molecular weight is 357 g/mol. The van der Waals surface area contributed by atoms with Crippen LogP contribution in [0.3, 0.4) is 0 Å². The van der Waals surface area contributed by atoms with E-state index >= 15 is 0 Å². The van der Waals surface area contributed by atoms with Crippen molar-refractivity contribution in [1.82, 2.24) is 5.32 Å². The van der Waals surface area contributed by atoms with Gasteiger partial charge in [0.1, 0.15) is 5.75 Å². The second-order valence-corrected chi connectivity index (χ2v) is 7.18. The van der Waals surface area contributed by atoms with Gasteiger partial charge in [0.2, 0.25) is 5.91 Å². The van der Waals surface area contributed by atoms with E-state index in [4.69, 9.17) is 4.74 Å². The number of esters is 1. The molecule has 0 aromatic heterocycles. The molecular weight excluding hydrogens is 334 g/mol. The number of aryl methyl sites for hydroxylation is 2. The Morgan fingerprint density at radius 3 is 2.52 bits per heavy atom. The summed E-state index contributed by atoms with van der Waals surface area (Å²) in [6, 6.07) is 13.0. The number of hydrogen-bond acceptors (Lipinski definition) is 4. The van der Waals surface area contributed by atoms with Gasteiger partial charge in [-0.1, -0.05) is 29.8 Å². The number of amides is 1. The minimum atomic E-state index is -0.417. The van der Waals surface area contributed by atoms with E-state index in [2.05, 4.69) is 5.32 Å². The number of hydrogen-bond donors (Lipinski definition) is 1. The molecule has 0 saturated heterocycles. The standard InChI is InChI=1S/C20H23NO3S/c1-13(2)21-19(22)12-25-18-8-6-5-7-16(18)20(23)24-17-10-9-14(3)11-15(17)4/h5-11,13H,12H2,1-4H3,(H,21,22). The molecule has 25 heavy (non-hydrogen) atoms. The number of rotatable bonds is 6. The van der Waals surface area contributed by atoms with Crippen molar-refractivity contribution >= 4 is 23.6 Å². The maximum Gasteiger partial charge on any atom is 0.344 e. The highest BCUT2D eigenvalue weighted by Crippen LogP contribution is 2.25. The highest BCUT2D eigenvalue weighted by molar-refractivity contribution is 8.00. The molecule has 2 aromatic rings. The molecule has 0 fully saturated rings. The molecule has 0 unspecified atom stereocenters. The van der Waals surface area contributed by atoms with Crippen molar-refractivity contribution < 1.29 is 14.3 Å².